The Morgan fingerprint density at radius 3 is 2.95 bits per heavy atom. The molecular weight excluding hydrogens is 327 g/mol. The Kier molecular flexibility index (Phi) is 4.08. The molecule has 3 rings (SSSR count). The molecule has 2 heterocycles. The Hall–Kier alpha value is -2.38. The lowest BCUT2D eigenvalue weighted by atomic mass is 10.2. The Bertz CT molecular complexity index is 812. The van der Waals surface area contributed by atoms with Gasteiger partial charge in [0.05, 0.1) is 17.8 Å². The van der Waals surface area contributed by atoms with Crippen LogP contribution in [0.5, 0.6) is 0 Å². The van der Waals surface area contributed by atoms with Crippen molar-refractivity contribution in [1.82, 2.24) is 25.0 Å². The molecule has 0 bridgehead atoms. The summed E-state index contributed by atoms with van der Waals surface area (Å²) in [5.74, 6) is -0.277. The quantitative estimate of drug-likeness (QED) is 0.766. The molecule has 112 valence electrons. The van der Waals surface area contributed by atoms with Crippen LogP contribution in [0.2, 0.25) is 10.0 Å². The summed E-state index contributed by atoms with van der Waals surface area (Å²) >= 11 is 11.7. The van der Waals surface area contributed by atoms with Crippen molar-refractivity contribution in [2.24, 2.45) is 0 Å². The Morgan fingerprint density at radius 2 is 2.23 bits per heavy atom. The van der Waals surface area contributed by atoms with Gasteiger partial charge in [0.2, 0.25) is 5.95 Å². The fourth-order valence-corrected chi connectivity index (χ4v) is 2.23. The number of H-pyrrole nitrogens is 1. The van der Waals surface area contributed by atoms with Crippen LogP contribution < -0.4 is 5.32 Å². The lowest BCUT2D eigenvalue weighted by Crippen LogP contribution is -2.14. The zero-order valence-corrected chi connectivity index (χ0v) is 12.6. The molecule has 0 atom stereocenters. The van der Waals surface area contributed by atoms with Gasteiger partial charge < -0.3 is 0 Å². The molecule has 9 heteroatoms. The highest BCUT2D eigenvalue weighted by Crippen LogP contribution is 2.14. The standard InChI is InChI=1S/C13H10Cl2N6O/c14-9-3-1-2-8(4-9)6-21-7-16-13(20-21)18-12(22)11-10(15)5-17-19-11/h1-5,7H,6H2,(H,17,19)(H,18,20,22). The topological polar surface area (TPSA) is 88.5 Å². The number of hydrogen-bond donors (Lipinski definition) is 2. The van der Waals surface area contributed by atoms with Crippen molar-refractivity contribution < 1.29 is 4.79 Å². The number of aromatic amines is 1. The first-order chi connectivity index (χ1) is 10.6. The average Bonchev–Trinajstić information content (AvgIpc) is 3.08. The van der Waals surface area contributed by atoms with E-state index in [0.717, 1.165) is 5.56 Å². The first-order valence-corrected chi connectivity index (χ1v) is 7.01. The summed E-state index contributed by atoms with van der Waals surface area (Å²) in [6, 6.07) is 7.42. The van der Waals surface area contributed by atoms with E-state index < -0.39 is 5.91 Å². The molecule has 7 nitrogen and oxygen atoms in total. The molecule has 0 saturated heterocycles. The van der Waals surface area contributed by atoms with Crippen LogP contribution in [0.3, 0.4) is 0 Å². The number of anilines is 1. The van der Waals surface area contributed by atoms with Crippen molar-refractivity contribution in [1.29, 1.82) is 0 Å². The van der Waals surface area contributed by atoms with Crippen molar-refractivity contribution in [3.63, 3.8) is 0 Å². The van der Waals surface area contributed by atoms with E-state index in [2.05, 4.69) is 25.6 Å². The second-order valence-electron chi connectivity index (χ2n) is 4.44. The Labute approximate surface area is 135 Å². The first-order valence-electron chi connectivity index (χ1n) is 6.26. The monoisotopic (exact) mass is 336 g/mol. The van der Waals surface area contributed by atoms with Crippen LogP contribution in [0.1, 0.15) is 16.1 Å². The van der Waals surface area contributed by atoms with Gasteiger partial charge in [0.1, 0.15) is 12.0 Å². The largest absolute Gasteiger partial charge is 0.288 e. The highest BCUT2D eigenvalue weighted by Gasteiger charge is 2.14. The number of nitrogens with one attached hydrogen (secondary N) is 2. The van der Waals surface area contributed by atoms with Gasteiger partial charge in [-0.05, 0) is 17.7 Å². The van der Waals surface area contributed by atoms with Crippen LogP contribution in [0.4, 0.5) is 5.95 Å². The summed E-state index contributed by atoms with van der Waals surface area (Å²) in [6.45, 7) is 0.494. The van der Waals surface area contributed by atoms with Crippen molar-refractivity contribution in [3.8, 4) is 0 Å². The number of benzene rings is 1. The van der Waals surface area contributed by atoms with E-state index in [0.29, 0.717) is 11.6 Å². The minimum Gasteiger partial charge on any atom is -0.288 e. The molecular formula is C13H10Cl2N6O. The zero-order valence-electron chi connectivity index (χ0n) is 11.1. The molecule has 0 unspecified atom stereocenters. The maximum atomic E-state index is 11.9. The van der Waals surface area contributed by atoms with E-state index in [1.165, 1.54) is 12.5 Å². The molecule has 0 spiro atoms. The van der Waals surface area contributed by atoms with Crippen LogP contribution >= 0.6 is 23.2 Å². The molecule has 0 aliphatic heterocycles. The zero-order chi connectivity index (χ0) is 15.5. The van der Waals surface area contributed by atoms with Gasteiger partial charge in [-0.15, -0.1) is 5.10 Å². The second-order valence-corrected chi connectivity index (χ2v) is 5.29. The smallest absolute Gasteiger partial charge is 0.277 e. The predicted molar refractivity (Wildman–Crippen MR) is 82.1 cm³/mol. The maximum absolute atomic E-state index is 11.9. The number of amides is 1. The van der Waals surface area contributed by atoms with Gasteiger partial charge in [-0.1, -0.05) is 35.3 Å². The first kappa shape index (κ1) is 14.6. The summed E-state index contributed by atoms with van der Waals surface area (Å²) in [4.78, 5) is 16.0. The third kappa shape index (κ3) is 3.26. The van der Waals surface area contributed by atoms with Gasteiger partial charge in [0.25, 0.3) is 5.91 Å². The van der Waals surface area contributed by atoms with E-state index in [1.807, 2.05) is 18.2 Å². The number of halogens is 2. The molecule has 1 aromatic carbocycles. The van der Waals surface area contributed by atoms with Crippen molar-refractivity contribution >= 4 is 35.1 Å². The van der Waals surface area contributed by atoms with E-state index in [-0.39, 0.29) is 16.7 Å². The van der Waals surface area contributed by atoms with Gasteiger partial charge in [-0.2, -0.15) is 5.10 Å². The molecule has 0 saturated carbocycles. The van der Waals surface area contributed by atoms with Crippen LogP contribution in [0.25, 0.3) is 0 Å². The molecule has 2 N–H and O–H groups in total. The summed E-state index contributed by atoms with van der Waals surface area (Å²) < 4.78 is 1.59. The van der Waals surface area contributed by atoms with E-state index in [4.69, 9.17) is 23.2 Å². The number of carbonyl (C=O) groups excluding carboxylic acids is 1. The summed E-state index contributed by atoms with van der Waals surface area (Å²) in [6.07, 6.45) is 2.87. The molecule has 2 aromatic heterocycles. The van der Waals surface area contributed by atoms with Gasteiger partial charge in [0.15, 0.2) is 0 Å². The molecule has 1 amide bonds. The van der Waals surface area contributed by atoms with Crippen LogP contribution in [0, 0.1) is 0 Å². The Morgan fingerprint density at radius 1 is 1.36 bits per heavy atom. The number of carbonyl (C=O) groups is 1. The van der Waals surface area contributed by atoms with Crippen molar-refractivity contribution in [3.05, 3.63) is 58.1 Å². The van der Waals surface area contributed by atoms with Crippen molar-refractivity contribution in [2.75, 3.05) is 5.32 Å². The molecule has 0 fully saturated rings. The van der Waals surface area contributed by atoms with Crippen LogP contribution in [-0.4, -0.2) is 30.9 Å². The fourth-order valence-electron chi connectivity index (χ4n) is 1.85. The van der Waals surface area contributed by atoms with E-state index in [9.17, 15) is 4.79 Å². The molecule has 0 radical (unpaired) electrons. The SMILES string of the molecule is O=C(Nc1ncn(Cc2cccc(Cl)c2)n1)c1[nH]ncc1Cl. The number of nitrogens with zero attached hydrogens (tertiary/aromatic N) is 4. The van der Waals surface area contributed by atoms with Crippen LogP contribution in [0.15, 0.2) is 36.8 Å². The number of hydrogen-bond acceptors (Lipinski definition) is 4. The van der Waals surface area contributed by atoms with Gasteiger partial charge in [-0.25, -0.2) is 9.67 Å². The third-order valence-electron chi connectivity index (χ3n) is 2.82. The van der Waals surface area contributed by atoms with Gasteiger partial charge >= 0.3 is 0 Å². The number of rotatable bonds is 4. The minimum atomic E-state index is -0.456. The highest BCUT2D eigenvalue weighted by molar-refractivity contribution is 6.34. The minimum absolute atomic E-state index is 0.160. The number of aromatic nitrogens is 5. The highest BCUT2D eigenvalue weighted by atomic mass is 35.5. The van der Waals surface area contributed by atoms with Crippen LogP contribution in [-0.2, 0) is 6.54 Å². The van der Waals surface area contributed by atoms with E-state index in [1.54, 1.807) is 10.7 Å². The molecule has 22 heavy (non-hydrogen) atoms. The normalized spacial score (nSPS) is 10.6. The third-order valence-corrected chi connectivity index (χ3v) is 3.34. The summed E-state index contributed by atoms with van der Waals surface area (Å²) in [5.41, 5.74) is 1.14. The Balaban J connectivity index is 1.69. The van der Waals surface area contributed by atoms with Gasteiger partial charge in [0, 0.05) is 5.02 Å². The molecule has 0 aliphatic carbocycles. The maximum Gasteiger partial charge on any atom is 0.277 e. The van der Waals surface area contributed by atoms with Crippen molar-refractivity contribution in [2.45, 2.75) is 6.54 Å². The molecule has 0 aliphatic rings. The predicted octanol–water partition coefficient (Wildman–Crippen LogP) is 2.61. The molecule has 3 aromatic rings. The average molecular weight is 337 g/mol. The lowest BCUT2D eigenvalue weighted by molar-refractivity contribution is 0.102. The van der Waals surface area contributed by atoms with E-state index >= 15 is 0 Å². The summed E-state index contributed by atoms with van der Waals surface area (Å²) in [7, 11) is 0. The second kappa shape index (κ2) is 6.17. The fraction of sp³-hybridized carbons (Fsp3) is 0.0769. The lowest BCUT2D eigenvalue weighted by Gasteiger charge is -2.01. The van der Waals surface area contributed by atoms with Gasteiger partial charge in [-0.3, -0.25) is 15.2 Å². The summed E-state index contributed by atoms with van der Waals surface area (Å²) in [5, 5.41) is 13.8.